The van der Waals surface area contributed by atoms with Gasteiger partial charge < -0.3 is 50.9 Å². The Labute approximate surface area is 220 Å². The number of nitrogens with zero attached hydrogens (tertiary/aromatic N) is 2. The second-order valence-corrected chi connectivity index (χ2v) is 12.4. The van der Waals surface area contributed by atoms with Gasteiger partial charge in [0.15, 0.2) is 12.3 Å². The monoisotopic (exact) mass is 625 g/mol. The van der Waals surface area contributed by atoms with Crippen LogP contribution in [0.1, 0.15) is 31.9 Å². The van der Waals surface area contributed by atoms with Gasteiger partial charge in [0.1, 0.15) is 18.0 Å². The lowest BCUT2D eigenvalue weighted by Crippen LogP contribution is -2.41. The molecule has 20 nitrogen and oxygen atoms in total. The number of aromatic nitrogens is 2. The predicted molar refractivity (Wildman–Crippen MR) is 128 cm³/mol. The molecule has 1 amide bonds. The summed E-state index contributed by atoms with van der Waals surface area (Å²) < 4.78 is 57.5. The van der Waals surface area contributed by atoms with E-state index in [1.165, 1.54) is 6.07 Å². The Morgan fingerprint density at radius 2 is 1.77 bits per heavy atom. The Hall–Kier alpha value is -1.76. The molecule has 1 aliphatic heterocycles. The molecular formula is C16H30N5O15P3. The quantitative estimate of drug-likeness (QED) is 0.0859. The summed E-state index contributed by atoms with van der Waals surface area (Å²) in [6.07, 6.45) is -3.35. The highest BCUT2D eigenvalue weighted by molar-refractivity contribution is 7.66. The van der Waals surface area contributed by atoms with Crippen molar-refractivity contribution in [1.29, 1.82) is 0 Å². The first-order valence-corrected chi connectivity index (χ1v) is 15.7. The lowest BCUT2D eigenvalue weighted by molar-refractivity contribution is -0.0561. The minimum atomic E-state index is -5.79. The van der Waals surface area contributed by atoms with Crippen molar-refractivity contribution in [3.8, 4) is 0 Å². The third-order valence-electron chi connectivity index (χ3n) is 4.90. The number of aliphatic hydroxyl groups is 1. The van der Waals surface area contributed by atoms with Crippen molar-refractivity contribution in [1.82, 2.24) is 14.9 Å². The van der Waals surface area contributed by atoms with Gasteiger partial charge in [-0.25, -0.2) is 23.3 Å². The number of phosphoric acid groups is 3. The van der Waals surface area contributed by atoms with Gasteiger partial charge in [0.2, 0.25) is 0 Å². The van der Waals surface area contributed by atoms with E-state index in [4.69, 9.17) is 30.7 Å². The number of alkyl carbamates (subject to hydrolysis) is 1. The molecule has 1 fully saturated rings. The summed E-state index contributed by atoms with van der Waals surface area (Å²) in [6.45, 7) is -0.309. The highest BCUT2D eigenvalue weighted by Crippen LogP contribution is 2.66. The average Bonchev–Trinajstić information content (AvgIpc) is 3.07. The first-order chi connectivity index (χ1) is 18.0. The SMILES string of the molecule is NCCCCCCNC(=O)OC1C(O)C(COP(=O)(O)OP(=O)(O)OP(=O)(O)O)OC1n1ccc(N)nc1=O. The van der Waals surface area contributed by atoms with Crippen LogP contribution in [0, 0.1) is 0 Å². The molecule has 1 aliphatic rings. The van der Waals surface area contributed by atoms with Crippen molar-refractivity contribution in [2.45, 2.75) is 50.2 Å². The third kappa shape index (κ3) is 11.3. The number of hydrogen-bond acceptors (Lipinski definition) is 14. The largest absolute Gasteiger partial charge is 0.490 e. The van der Waals surface area contributed by atoms with Crippen LogP contribution in [0.25, 0.3) is 0 Å². The average molecular weight is 625 g/mol. The smallest absolute Gasteiger partial charge is 0.439 e. The van der Waals surface area contributed by atoms with E-state index in [2.05, 4.69) is 23.4 Å². The maximum absolute atomic E-state index is 12.3. The molecule has 1 saturated heterocycles. The highest BCUT2D eigenvalue weighted by Gasteiger charge is 2.49. The minimum absolute atomic E-state index is 0.149. The highest BCUT2D eigenvalue weighted by atomic mass is 31.3. The van der Waals surface area contributed by atoms with Crippen LogP contribution in [-0.4, -0.2) is 78.3 Å². The molecule has 23 heteroatoms. The summed E-state index contributed by atoms with van der Waals surface area (Å²) in [4.78, 5) is 64.3. The molecule has 0 bridgehead atoms. The third-order valence-corrected chi connectivity index (χ3v) is 8.70. The molecular weight excluding hydrogens is 595 g/mol. The topological polar surface area (TPSA) is 315 Å². The minimum Gasteiger partial charge on any atom is -0.439 e. The summed E-state index contributed by atoms with van der Waals surface area (Å²) >= 11 is 0. The summed E-state index contributed by atoms with van der Waals surface area (Å²) in [5.41, 5.74) is 9.92. The predicted octanol–water partition coefficient (Wildman–Crippen LogP) is -0.959. The van der Waals surface area contributed by atoms with Crippen molar-refractivity contribution in [2.75, 3.05) is 25.4 Å². The van der Waals surface area contributed by atoms with Gasteiger partial charge in [-0.2, -0.15) is 13.6 Å². The zero-order valence-electron chi connectivity index (χ0n) is 20.1. The van der Waals surface area contributed by atoms with E-state index in [0.29, 0.717) is 13.0 Å². The van der Waals surface area contributed by atoms with Gasteiger partial charge in [0, 0.05) is 12.7 Å². The molecule has 0 spiro atoms. The maximum atomic E-state index is 12.3. The molecule has 0 saturated carbocycles. The fourth-order valence-corrected chi connectivity index (χ4v) is 6.31. The van der Waals surface area contributed by atoms with Crippen LogP contribution in [0.5, 0.6) is 0 Å². The van der Waals surface area contributed by atoms with Crippen LogP contribution >= 0.6 is 23.5 Å². The number of unbranched alkanes of at least 4 members (excludes halogenated alkanes) is 3. The second kappa shape index (κ2) is 14.2. The van der Waals surface area contributed by atoms with Gasteiger partial charge in [-0.05, 0) is 25.5 Å². The van der Waals surface area contributed by atoms with Crippen LogP contribution in [0.2, 0.25) is 0 Å². The van der Waals surface area contributed by atoms with Gasteiger partial charge in [0.05, 0.1) is 6.61 Å². The number of amides is 1. The van der Waals surface area contributed by atoms with Crippen LogP contribution in [0.3, 0.4) is 0 Å². The number of hydrogen-bond donors (Lipinski definition) is 8. The molecule has 1 aromatic heterocycles. The molecule has 0 radical (unpaired) electrons. The molecule has 10 N–H and O–H groups in total. The Balaban J connectivity index is 2.11. The number of nitrogen functional groups attached to an aromatic ring is 1. The Morgan fingerprint density at radius 1 is 1.10 bits per heavy atom. The summed E-state index contributed by atoms with van der Waals surface area (Å²) in [7, 11) is -17.0. The molecule has 6 atom stereocenters. The molecule has 6 unspecified atom stereocenters. The Kier molecular flexibility index (Phi) is 12.2. The fourth-order valence-electron chi connectivity index (χ4n) is 3.28. The fraction of sp³-hybridized carbons (Fsp3) is 0.688. The zero-order chi connectivity index (χ0) is 29.4. The van der Waals surface area contributed by atoms with Crippen molar-refractivity contribution >= 4 is 35.4 Å². The molecule has 2 rings (SSSR count). The summed E-state index contributed by atoms with van der Waals surface area (Å²) in [5, 5.41) is 13.2. The second-order valence-electron chi connectivity index (χ2n) is 7.98. The molecule has 224 valence electrons. The molecule has 2 heterocycles. The molecule has 0 aromatic carbocycles. The van der Waals surface area contributed by atoms with E-state index in [1.807, 2.05) is 0 Å². The number of nitrogens with two attached hydrogens (primary N) is 2. The van der Waals surface area contributed by atoms with E-state index in [9.17, 15) is 38.2 Å². The van der Waals surface area contributed by atoms with E-state index in [0.717, 1.165) is 30.0 Å². The number of rotatable bonds is 15. The number of anilines is 1. The normalized spacial score (nSPS) is 24.6. The number of ether oxygens (including phenoxy) is 2. The van der Waals surface area contributed by atoms with Gasteiger partial charge in [0.25, 0.3) is 0 Å². The van der Waals surface area contributed by atoms with Crippen molar-refractivity contribution in [2.24, 2.45) is 5.73 Å². The molecule has 39 heavy (non-hydrogen) atoms. The molecule has 1 aromatic rings. The van der Waals surface area contributed by atoms with E-state index < -0.39 is 66.4 Å². The van der Waals surface area contributed by atoms with Gasteiger partial charge in [-0.15, -0.1) is 0 Å². The first-order valence-electron chi connectivity index (χ1n) is 11.1. The summed E-state index contributed by atoms with van der Waals surface area (Å²) in [5.74, 6) is -0.149. The van der Waals surface area contributed by atoms with Gasteiger partial charge in [-0.3, -0.25) is 9.09 Å². The number of carbonyl (C=O) groups excluding carboxylic acids is 1. The number of nitrogens with one attached hydrogen (secondary N) is 1. The van der Waals surface area contributed by atoms with Crippen molar-refractivity contribution in [3.63, 3.8) is 0 Å². The van der Waals surface area contributed by atoms with Crippen LogP contribution in [0.4, 0.5) is 10.6 Å². The van der Waals surface area contributed by atoms with E-state index in [1.54, 1.807) is 0 Å². The Morgan fingerprint density at radius 3 is 2.38 bits per heavy atom. The lowest BCUT2D eigenvalue weighted by atomic mass is 10.1. The standard InChI is InChI=1S/C16H30N5O15P3/c17-6-3-1-2-4-7-19-16(24)34-13-12(22)10(33-14(13)21-8-5-11(18)20-15(21)23)9-32-38(28,29)36-39(30,31)35-37(25,26)27/h5,8,10,12-14,22H,1-4,6-7,9,17H2,(H,19,24)(H,28,29)(H,30,31)(H2,18,20,23)(H2,25,26,27). The lowest BCUT2D eigenvalue weighted by Gasteiger charge is -2.22. The number of carbonyl (C=O) groups is 1. The number of phosphoric ester groups is 1. The Bertz CT molecular complexity index is 1180. The van der Waals surface area contributed by atoms with E-state index in [-0.39, 0.29) is 12.4 Å². The van der Waals surface area contributed by atoms with Gasteiger partial charge >= 0.3 is 35.3 Å². The van der Waals surface area contributed by atoms with Crippen LogP contribution < -0.4 is 22.5 Å². The zero-order valence-corrected chi connectivity index (χ0v) is 22.8. The number of aliphatic hydroxyl groups excluding tert-OH is 1. The maximum Gasteiger partial charge on any atom is 0.490 e. The van der Waals surface area contributed by atoms with Crippen LogP contribution in [-0.2, 0) is 36.3 Å². The van der Waals surface area contributed by atoms with Crippen LogP contribution in [0.15, 0.2) is 17.1 Å². The molecule has 0 aliphatic carbocycles. The van der Waals surface area contributed by atoms with E-state index >= 15 is 0 Å². The van der Waals surface area contributed by atoms with Crippen molar-refractivity contribution in [3.05, 3.63) is 22.7 Å². The first kappa shape index (κ1) is 33.4. The summed E-state index contributed by atoms with van der Waals surface area (Å²) in [6, 6.07) is 1.20. The van der Waals surface area contributed by atoms with Gasteiger partial charge in [-0.1, -0.05) is 12.8 Å². The van der Waals surface area contributed by atoms with Crippen molar-refractivity contribution < 1.29 is 65.8 Å².